The molecular formula is C8H6F11IO. The van der Waals surface area contributed by atoms with Gasteiger partial charge in [-0.1, -0.05) is 22.6 Å². The lowest BCUT2D eigenvalue weighted by atomic mass is 9.88. The third kappa shape index (κ3) is 3.47. The fraction of sp³-hybridized carbons (Fsp3) is 1.00. The Morgan fingerprint density at radius 3 is 1.33 bits per heavy atom. The van der Waals surface area contributed by atoms with Gasteiger partial charge >= 0.3 is 29.9 Å². The molecule has 0 aliphatic rings. The molecule has 0 saturated heterocycles. The highest BCUT2D eigenvalue weighted by Gasteiger charge is 2.89. The SMILES string of the molecule is OCC(I)CC(F)(F)C(F)(F)C(F)(C(F)(F)F)C(F)(F)F. The summed E-state index contributed by atoms with van der Waals surface area (Å²) in [5.74, 6) is -13.1. The maximum Gasteiger partial charge on any atom is 0.438 e. The van der Waals surface area contributed by atoms with E-state index in [1.807, 2.05) is 0 Å². The third-order valence-corrected chi connectivity index (χ3v) is 3.18. The van der Waals surface area contributed by atoms with Crippen molar-refractivity contribution in [1.29, 1.82) is 0 Å². The molecule has 0 saturated carbocycles. The van der Waals surface area contributed by atoms with Gasteiger partial charge in [0.05, 0.1) is 6.61 Å². The largest absolute Gasteiger partial charge is 0.438 e. The molecule has 0 aliphatic carbocycles. The van der Waals surface area contributed by atoms with Crippen molar-refractivity contribution >= 4 is 22.6 Å². The molecule has 13 heteroatoms. The molecule has 0 radical (unpaired) electrons. The van der Waals surface area contributed by atoms with Gasteiger partial charge in [0.15, 0.2) is 0 Å². The molecular weight excluding hydrogens is 448 g/mol. The van der Waals surface area contributed by atoms with Crippen LogP contribution in [0.15, 0.2) is 0 Å². The van der Waals surface area contributed by atoms with E-state index in [1.165, 1.54) is 0 Å². The molecule has 0 spiro atoms. The van der Waals surface area contributed by atoms with Gasteiger partial charge in [0, 0.05) is 10.3 Å². The highest BCUT2D eigenvalue weighted by molar-refractivity contribution is 14.1. The van der Waals surface area contributed by atoms with Crippen molar-refractivity contribution in [2.75, 3.05) is 6.61 Å². The standard InChI is InChI=1S/C8H6F11IO/c9-4(10,1-3(20)2-21)6(12,13)5(11,7(14,15)16)8(17,18)19/h3,21H,1-2H2. The summed E-state index contributed by atoms with van der Waals surface area (Å²) in [6, 6.07) is 0. The van der Waals surface area contributed by atoms with Crippen molar-refractivity contribution in [3.05, 3.63) is 0 Å². The van der Waals surface area contributed by atoms with Gasteiger partial charge < -0.3 is 5.11 Å². The van der Waals surface area contributed by atoms with E-state index < -0.39 is 46.8 Å². The normalized spacial score (nSPS) is 17.0. The number of halogens is 12. The molecule has 1 nitrogen and oxygen atoms in total. The van der Waals surface area contributed by atoms with Crippen molar-refractivity contribution in [3.8, 4) is 0 Å². The van der Waals surface area contributed by atoms with E-state index in [4.69, 9.17) is 5.11 Å². The molecule has 128 valence electrons. The molecule has 1 atom stereocenters. The summed E-state index contributed by atoms with van der Waals surface area (Å²) in [6.07, 6.45) is -16.9. The summed E-state index contributed by atoms with van der Waals surface area (Å²) in [4.78, 5) is 0. The number of hydrogen-bond acceptors (Lipinski definition) is 1. The Labute approximate surface area is 123 Å². The maximum atomic E-state index is 13.1. The summed E-state index contributed by atoms with van der Waals surface area (Å²) < 4.78 is 136. The summed E-state index contributed by atoms with van der Waals surface area (Å²) >= 11 is 0.892. The highest BCUT2D eigenvalue weighted by atomic mass is 127. The molecule has 0 heterocycles. The van der Waals surface area contributed by atoms with E-state index in [0.29, 0.717) is 0 Å². The Balaban J connectivity index is 6.02. The van der Waals surface area contributed by atoms with Crippen LogP contribution in [0.5, 0.6) is 0 Å². The van der Waals surface area contributed by atoms with Gasteiger partial charge in [0.25, 0.3) is 0 Å². The second kappa shape index (κ2) is 5.85. The van der Waals surface area contributed by atoms with Crippen molar-refractivity contribution in [3.63, 3.8) is 0 Å². The zero-order valence-corrected chi connectivity index (χ0v) is 11.6. The minimum atomic E-state index is -7.43. The van der Waals surface area contributed by atoms with Crippen molar-refractivity contribution in [2.45, 2.75) is 40.2 Å². The molecule has 0 rings (SSSR count). The van der Waals surface area contributed by atoms with Gasteiger partial charge in [0.1, 0.15) is 0 Å². The van der Waals surface area contributed by atoms with E-state index in [0.717, 1.165) is 22.6 Å². The topological polar surface area (TPSA) is 20.2 Å². The van der Waals surface area contributed by atoms with E-state index in [9.17, 15) is 48.3 Å². The highest BCUT2D eigenvalue weighted by Crippen LogP contribution is 2.60. The monoisotopic (exact) mass is 454 g/mol. The fourth-order valence-electron chi connectivity index (χ4n) is 1.24. The minimum Gasteiger partial charge on any atom is -0.395 e. The zero-order chi connectivity index (χ0) is 17.5. The van der Waals surface area contributed by atoms with E-state index >= 15 is 0 Å². The molecule has 21 heavy (non-hydrogen) atoms. The molecule has 0 aromatic heterocycles. The van der Waals surface area contributed by atoms with Gasteiger partial charge in [-0.3, -0.25) is 0 Å². The lowest BCUT2D eigenvalue weighted by Crippen LogP contribution is -2.70. The molecule has 1 unspecified atom stereocenters. The van der Waals surface area contributed by atoms with Crippen LogP contribution in [0.4, 0.5) is 48.3 Å². The predicted molar refractivity (Wildman–Crippen MR) is 55.4 cm³/mol. The van der Waals surface area contributed by atoms with Crippen LogP contribution in [0, 0.1) is 0 Å². The number of alkyl halides is 12. The molecule has 1 N–H and O–H groups in total. The average Bonchev–Trinajstić information content (AvgIpc) is 2.23. The quantitative estimate of drug-likeness (QED) is 0.374. The minimum absolute atomic E-state index is 0.892. The van der Waals surface area contributed by atoms with Crippen LogP contribution in [-0.4, -0.2) is 45.5 Å². The number of aliphatic hydroxyl groups excluding tert-OH is 1. The van der Waals surface area contributed by atoms with Crippen molar-refractivity contribution < 1.29 is 53.4 Å². The number of hydrogen-bond donors (Lipinski definition) is 1. The Bertz CT molecular complexity index is 346. The van der Waals surface area contributed by atoms with Crippen molar-refractivity contribution in [2.24, 2.45) is 0 Å². The Morgan fingerprint density at radius 1 is 0.762 bits per heavy atom. The first-order valence-corrected chi connectivity index (χ1v) is 6.03. The van der Waals surface area contributed by atoms with Crippen LogP contribution in [0.25, 0.3) is 0 Å². The van der Waals surface area contributed by atoms with Gasteiger partial charge in [-0.05, 0) is 0 Å². The van der Waals surface area contributed by atoms with Crippen LogP contribution < -0.4 is 0 Å². The van der Waals surface area contributed by atoms with Crippen LogP contribution in [0.2, 0.25) is 0 Å². The summed E-state index contributed by atoms with van der Waals surface area (Å²) in [7, 11) is 0. The van der Waals surface area contributed by atoms with Gasteiger partial charge in [0.2, 0.25) is 0 Å². The number of aliphatic hydroxyl groups is 1. The fourth-order valence-corrected chi connectivity index (χ4v) is 1.79. The molecule has 0 aliphatic heterocycles. The van der Waals surface area contributed by atoms with Gasteiger partial charge in [-0.25, -0.2) is 4.39 Å². The Kier molecular flexibility index (Phi) is 5.83. The lowest BCUT2D eigenvalue weighted by molar-refractivity contribution is -0.426. The molecule has 0 bridgehead atoms. The van der Waals surface area contributed by atoms with Crippen LogP contribution in [0.3, 0.4) is 0 Å². The zero-order valence-electron chi connectivity index (χ0n) is 9.47. The summed E-state index contributed by atoms with van der Waals surface area (Å²) in [6.45, 7) is -1.23. The predicted octanol–water partition coefficient (Wildman–Crippen LogP) is 4.28. The second-order valence-electron chi connectivity index (χ2n) is 3.92. The first-order valence-electron chi connectivity index (χ1n) is 4.78. The van der Waals surface area contributed by atoms with E-state index in [2.05, 4.69) is 0 Å². The smallest absolute Gasteiger partial charge is 0.395 e. The first-order chi connectivity index (χ1) is 8.95. The van der Waals surface area contributed by atoms with Crippen LogP contribution >= 0.6 is 22.6 Å². The van der Waals surface area contributed by atoms with Crippen LogP contribution in [0.1, 0.15) is 6.42 Å². The number of rotatable bonds is 5. The Morgan fingerprint density at radius 2 is 1.10 bits per heavy atom. The lowest BCUT2D eigenvalue weighted by Gasteiger charge is -2.40. The van der Waals surface area contributed by atoms with Gasteiger partial charge in [-0.2, -0.15) is 43.9 Å². The van der Waals surface area contributed by atoms with Crippen molar-refractivity contribution in [1.82, 2.24) is 0 Å². The average molecular weight is 454 g/mol. The Hall–Kier alpha value is -0.0800. The van der Waals surface area contributed by atoms with E-state index in [1.54, 1.807) is 0 Å². The second-order valence-corrected chi connectivity index (χ2v) is 5.68. The van der Waals surface area contributed by atoms with Crippen LogP contribution in [-0.2, 0) is 0 Å². The van der Waals surface area contributed by atoms with Gasteiger partial charge in [-0.15, -0.1) is 0 Å². The maximum absolute atomic E-state index is 13.1. The first kappa shape index (κ1) is 20.9. The summed E-state index contributed by atoms with van der Waals surface area (Å²) in [5, 5.41) is 8.36. The summed E-state index contributed by atoms with van der Waals surface area (Å²) in [5.41, 5.74) is -7.43. The molecule has 0 fully saturated rings. The third-order valence-electron chi connectivity index (χ3n) is 2.35. The molecule has 0 aromatic carbocycles. The molecule has 0 amide bonds. The molecule has 0 aromatic rings. The van der Waals surface area contributed by atoms with E-state index in [-0.39, 0.29) is 0 Å².